The maximum Gasteiger partial charge on any atom is 0.271 e. The average Bonchev–Trinajstić information content (AvgIpc) is 2.71. The molecule has 0 fully saturated rings. The zero-order valence-corrected chi connectivity index (χ0v) is 17.1. The molecule has 0 aliphatic carbocycles. The van der Waals surface area contributed by atoms with Gasteiger partial charge in [0.05, 0.1) is 26.8 Å². The van der Waals surface area contributed by atoms with Gasteiger partial charge in [-0.1, -0.05) is 53.0 Å². The van der Waals surface area contributed by atoms with Crippen LogP contribution in [0.4, 0.5) is 5.69 Å². The first-order valence-corrected chi connectivity index (χ1v) is 9.52. The molecule has 0 aliphatic rings. The highest BCUT2D eigenvalue weighted by Crippen LogP contribution is 2.22. The van der Waals surface area contributed by atoms with Crippen molar-refractivity contribution in [2.24, 2.45) is 5.10 Å². The van der Waals surface area contributed by atoms with E-state index in [1.165, 1.54) is 6.21 Å². The number of rotatable bonds is 5. The number of nitrogens with one attached hydrogen (secondary N) is 2. The molecule has 0 radical (unpaired) electrons. The van der Waals surface area contributed by atoms with Crippen LogP contribution in [0, 0.1) is 0 Å². The first-order valence-electron chi connectivity index (χ1n) is 8.38. The van der Waals surface area contributed by atoms with E-state index in [-0.39, 0.29) is 5.91 Å². The third kappa shape index (κ3) is 5.57. The van der Waals surface area contributed by atoms with Crippen LogP contribution in [-0.2, 0) is 0 Å². The van der Waals surface area contributed by atoms with Crippen molar-refractivity contribution in [2.75, 3.05) is 5.32 Å². The van der Waals surface area contributed by atoms with Gasteiger partial charge in [0.25, 0.3) is 11.8 Å². The second kappa shape index (κ2) is 9.56. The average molecular weight is 447 g/mol. The van der Waals surface area contributed by atoms with E-state index >= 15 is 0 Å². The normalized spacial score (nSPS) is 10.7. The minimum Gasteiger partial charge on any atom is -0.322 e. The van der Waals surface area contributed by atoms with Gasteiger partial charge >= 0.3 is 0 Å². The number of amides is 2. The molecule has 0 unspecified atom stereocenters. The molecule has 0 atom stereocenters. The molecule has 0 spiro atoms. The van der Waals surface area contributed by atoms with E-state index in [0.29, 0.717) is 37.4 Å². The van der Waals surface area contributed by atoms with Crippen LogP contribution in [0.1, 0.15) is 26.3 Å². The first kappa shape index (κ1) is 20.9. The summed E-state index contributed by atoms with van der Waals surface area (Å²) < 4.78 is 0. The number of hydrogen-bond acceptors (Lipinski definition) is 3. The van der Waals surface area contributed by atoms with Crippen molar-refractivity contribution in [3.05, 3.63) is 98.5 Å². The van der Waals surface area contributed by atoms with Crippen molar-refractivity contribution in [2.45, 2.75) is 0 Å². The zero-order chi connectivity index (χ0) is 20.8. The highest BCUT2D eigenvalue weighted by Gasteiger charge is 2.10. The Morgan fingerprint density at radius 1 is 0.793 bits per heavy atom. The van der Waals surface area contributed by atoms with Crippen molar-refractivity contribution in [3.8, 4) is 0 Å². The standard InChI is InChI=1S/C21H14Cl3N3O2/c22-17-4-2-1-3-16(17)21(29)26-15-8-6-14(7-9-15)20(28)27-25-12-13-5-10-18(23)19(24)11-13/h1-12H,(H,26,29)(H,27,28)/b25-12+. The fraction of sp³-hybridized carbons (Fsp3) is 0. The summed E-state index contributed by atoms with van der Waals surface area (Å²) in [5.41, 5.74) is 4.40. The molecule has 2 N–H and O–H groups in total. The summed E-state index contributed by atoms with van der Waals surface area (Å²) in [6.45, 7) is 0. The van der Waals surface area contributed by atoms with Crippen molar-refractivity contribution in [1.29, 1.82) is 0 Å². The van der Waals surface area contributed by atoms with Crippen molar-refractivity contribution in [3.63, 3.8) is 0 Å². The molecule has 3 aromatic rings. The van der Waals surface area contributed by atoms with Gasteiger partial charge < -0.3 is 5.32 Å². The van der Waals surface area contributed by atoms with E-state index in [4.69, 9.17) is 34.8 Å². The molecule has 3 rings (SSSR count). The fourth-order valence-corrected chi connectivity index (χ4v) is 2.90. The van der Waals surface area contributed by atoms with Crippen molar-refractivity contribution < 1.29 is 9.59 Å². The van der Waals surface area contributed by atoms with Gasteiger partial charge in [-0.05, 0) is 54.1 Å². The molecule has 146 valence electrons. The lowest BCUT2D eigenvalue weighted by atomic mass is 10.1. The molecule has 0 saturated carbocycles. The van der Waals surface area contributed by atoms with E-state index in [2.05, 4.69) is 15.8 Å². The van der Waals surface area contributed by atoms with Crippen LogP contribution in [0.2, 0.25) is 15.1 Å². The molecule has 3 aromatic carbocycles. The van der Waals surface area contributed by atoms with Gasteiger partial charge in [-0.3, -0.25) is 9.59 Å². The lowest BCUT2D eigenvalue weighted by Gasteiger charge is -2.07. The van der Waals surface area contributed by atoms with Crippen LogP contribution in [-0.4, -0.2) is 18.0 Å². The lowest BCUT2D eigenvalue weighted by Crippen LogP contribution is -2.18. The summed E-state index contributed by atoms with van der Waals surface area (Å²) in [5, 5.41) is 7.83. The number of anilines is 1. The van der Waals surface area contributed by atoms with E-state index in [1.807, 2.05) is 0 Å². The van der Waals surface area contributed by atoms with Crippen molar-refractivity contribution in [1.82, 2.24) is 5.43 Å². The predicted molar refractivity (Wildman–Crippen MR) is 117 cm³/mol. The maximum atomic E-state index is 12.3. The van der Waals surface area contributed by atoms with Crippen LogP contribution in [0.3, 0.4) is 0 Å². The fourth-order valence-electron chi connectivity index (χ4n) is 2.37. The summed E-state index contributed by atoms with van der Waals surface area (Å²) in [6.07, 6.45) is 1.46. The number of benzene rings is 3. The largest absolute Gasteiger partial charge is 0.322 e. The topological polar surface area (TPSA) is 70.6 Å². The Morgan fingerprint density at radius 3 is 2.21 bits per heavy atom. The molecule has 0 aromatic heterocycles. The number of hydrogen-bond donors (Lipinski definition) is 2. The Balaban J connectivity index is 1.60. The number of hydrazone groups is 1. The van der Waals surface area contributed by atoms with Crippen LogP contribution in [0.25, 0.3) is 0 Å². The molecule has 29 heavy (non-hydrogen) atoms. The Hall–Kier alpha value is -2.86. The molecule has 0 aliphatic heterocycles. The predicted octanol–water partition coefficient (Wildman–Crippen LogP) is 5.66. The second-order valence-electron chi connectivity index (χ2n) is 5.88. The zero-order valence-electron chi connectivity index (χ0n) is 14.8. The third-order valence-electron chi connectivity index (χ3n) is 3.85. The molecule has 2 amide bonds. The van der Waals surface area contributed by atoms with E-state index in [9.17, 15) is 9.59 Å². The summed E-state index contributed by atoms with van der Waals surface area (Å²) in [6, 6.07) is 18.1. The van der Waals surface area contributed by atoms with E-state index in [1.54, 1.807) is 66.7 Å². The highest BCUT2D eigenvalue weighted by molar-refractivity contribution is 6.42. The summed E-state index contributed by atoms with van der Waals surface area (Å²) in [7, 11) is 0. The van der Waals surface area contributed by atoms with Crippen LogP contribution in [0.5, 0.6) is 0 Å². The highest BCUT2D eigenvalue weighted by atomic mass is 35.5. The minimum atomic E-state index is -0.398. The molecular weight excluding hydrogens is 433 g/mol. The molecule has 5 nitrogen and oxygen atoms in total. The van der Waals surface area contributed by atoms with Gasteiger partial charge in [0.1, 0.15) is 0 Å². The van der Waals surface area contributed by atoms with Gasteiger partial charge in [-0.2, -0.15) is 5.10 Å². The van der Waals surface area contributed by atoms with E-state index < -0.39 is 5.91 Å². The number of carbonyl (C=O) groups is 2. The minimum absolute atomic E-state index is 0.334. The Bertz CT molecular complexity index is 1080. The SMILES string of the molecule is O=C(N/N=C/c1ccc(Cl)c(Cl)c1)c1ccc(NC(=O)c2ccccc2Cl)cc1. The molecule has 0 heterocycles. The van der Waals surface area contributed by atoms with E-state index in [0.717, 1.165) is 0 Å². The van der Waals surface area contributed by atoms with Gasteiger partial charge in [0, 0.05) is 11.3 Å². The summed E-state index contributed by atoms with van der Waals surface area (Å²) >= 11 is 17.8. The Kier molecular flexibility index (Phi) is 6.88. The smallest absolute Gasteiger partial charge is 0.271 e. The Labute approximate surface area is 182 Å². The monoisotopic (exact) mass is 445 g/mol. The first-order chi connectivity index (χ1) is 13.9. The molecule has 0 saturated heterocycles. The summed E-state index contributed by atoms with van der Waals surface area (Å²) in [5.74, 6) is -0.732. The van der Waals surface area contributed by atoms with Crippen LogP contribution < -0.4 is 10.7 Å². The molecular formula is C21H14Cl3N3O2. The quantitative estimate of drug-likeness (QED) is 0.392. The number of halogens is 3. The second-order valence-corrected chi connectivity index (χ2v) is 7.11. The molecule has 0 bridgehead atoms. The summed E-state index contributed by atoms with van der Waals surface area (Å²) in [4.78, 5) is 24.4. The van der Waals surface area contributed by atoms with Gasteiger partial charge in [-0.25, -0.2) is 5.43 Å². The van der Waals surface area contributed by atoms with Crippen LogP contribution >= 0.6 is 34.8 Å². The van der Waals surface area contributed by atoms with Gasteiger partial charge in [-0.15, -0.1) is 0 Å². The molecule has 8 heteroatoms. The van der Waals surface area contributed by atoms with Gasteiger partial charge in [0.2, 0.25) is 0 Å². The third-order valence-corrected chi connectivity index (χ3v) is 4.92. The van der Waals surface area contributed by atoms with Crippen molar-refractivity contribution >= 4 is 58.5 Å². The van der Waals surface area contributed by atoms with Crippen LogP contribution in [0.15, 0.2) is 71.8 Å². The number of carbonyl (C=O) groups excluding carboxylic acids is 2. The maximum absolute atomic E-state index is 12.3. The number of nitrogens with zero attached hydrogens (tertiary/aromatic N) is 1. The van der Waals surface area contributed by atoms with Gasteiger partial charge in [0.15, 0.2) is 0 Å². The Morgan fingerprint density at radius 2 is 1.52 bits per heavy atom. The lowest BCUT2D eigenvalue weighted by molar-refractivity contribution is 0.0954.